The maximum Gasteiger partial charge on any atom is 0.315 e. The molecule has 0 aromatic rings. The third kappa shape index (κ3) is 3.06. The molecule has 1 aliphatic heterocycles. The average Bonchev–Trinajstić information content (AvgIpc) is 2.96. The van der Waals surface area contributed by atoms with E-state index in [9.17, 15) is 14.7 Å². The molecular weight excluding hydrogens is 260 g/mol. The summed E-state index contributed by atoms with van der Waals surface area (Å²) in [7, 11) is 0. The Kier molecular flexibility index (Phi) is 4.22. The van der Waals surface area contributed by atoms with Crippen LogP contribution >= 0.6 is 0 Å². The van der Waals surface area contributed by atoms with Crippen LogP contribution in [0, 0.1) is 10.8 Å². The molecule has 2 amide bonds. The molecule has 1 saturated carbocycles. The fourth-order valence-electron chi connectivity index (χ4n) is 2.99. The molecule has 0 bridgehead atoms. The van der Waals surface area contributed by atoms with Gasteiger partial charge in [-0.1, -0.05) is 19.8 Å². The molecule has 114 valence electrons. The van der Waals surface area contributed by atoms with Crippen LogP contribution in [0.4, 0.5) is 4.79 Å². The van der Waals surface area contributed by atoms with E-state index in [1.54, 1.807) is 6.92 Å². The Balaban J connectivity index is 1.83. The number of carboxylic acid groups (broad SMARTS) is 1. The van der Waals surface area contributed by atoms with Gasteiger partial charge in [0.2, 0.25) is 0 Å². The van der Waals surface area contributed by atoms with Crippen LogP contribution in [0.2, 0.25) is 0 Å². The monoisotopic (exact) mass is 284 g/mol. The van der Waals surface area contributed by atoms with Crippen molar-refractivity contribution in [2.75, 3.05) is 19.8 Å². The van der Waals surface area contributed by atoms with Gasteiger partial charge >= 0.3 is 12.0 Å². The van der Waals surface area contributed by atoms with Crippen molar-refractivity contribution in [2.45, 2.75) is 45.6 Å². The Morgan fingerprint density at radius 1 is 1.30 bits per heavy atom. The Morgan fingerprint density at radius 2 is 1.95 bits per heavy atom. The van der Waals surface area contributed by atoms with Crippen molar-refractivity contribution in [3.63, 3.8) is 0 Å². The minimum atomic E-state index is -1.05. The first-order valence-electron chi connectivity index (χ1n) is 7.21. The van der Waals surface area contributed by atoms with Gasteiger partial charge in [-0.2, -0.15) is 0 Å². The van der Waals surface area contributed by atoms with E-state index in [4.69, 9.17) is 4.74 Å². The maximum absolute atomic E-state index is 11.9. The number of rotatable bonds is 4. The quantitative estimate of drug-likeness (QED) is 0.727. The predicted octanol–water partition coefficient (Wildman–Crippen LogP) is 1.36. The lowest BCUT2D eigenvalue weighted by Gasteiger charge is -2.27. The molecule has 1 saturated heterocycles. The summed E-state index contributed by atoms with van der Waals surface area (Å²) in [6.45, 7) is 4.79. The number of carbonyl (C=O) groups excluding carboxylic acids is 1. The first-order valence-corrected chi connectivity index (χ1v) is 7.21. The molecule has 0 spiro atoms. The molecule has 2 unspecified atom stereocenters. The Hall–Kier alpha value is -1.30. The highest BCUT2D eigenvalue weighted by Gasteiger charge is 2.47. The molecule has 1 heterocycles. The summed E-state index contributed by atoms with van der Waals surface area (Å²) >= 11 is 0. The number of amides is 2. The Morgan fingerprint density at radius 3 is 2.55 bits per heavy atom. The van der Waals surface area contributed by atoms with Gasteiger partial charge in [0.25, 0.3) is 0 Å². The van der Waals surface area contributed by atoms with Crippen molar-refractivity contribution in [1.82, 2.24) is 10.6 Å². The Labute approximate surface area is 119 Å². The Bertz CT molecular complexity index is 393. The largest absolute Gasteiger partial charge is 0.481 e. The molecule has 3 N–H and O–H groups in total. The van der Waals surface area contributed by atoms with Crippen LogP contribution in [0.3, 0.4) is 0 Å². The molecule has 2 fully saturated rings. The smallest absolute Gasteiger partial charge is 0.315 e. The van der Waals surface area contributed by atoms with Crippen LogP contribution in [-0.2, 0) is 9.53 Å². The standard InChI is InChI=1S/C14H24N2O4/c1-13(5-3-4-6-13)8-15-12(19)16-10-7-20-9-14(10,2)11(17)18/h10H,3-9H2,1-2H3,(H,17,18)(H2,15,16,19). The zero-order chi connectivity index (χ0) is 14.8. The van der Waals surface area contributed by atoms with E-state index in [2.05, 4.69) is 17.6 Å². The average molecular weight is 284 g/mol. The van der Waals surface area contributed by atoms with Gasteiger partial charge in [-0.3, -0.25) is 4.79 Å². The number of carboxylic acids is 1. The summed E-state index contributed by atoms with van der Waals surface area (Å²) in [6, 6.07) is -0.794. The minimum absolute atomic E-state index is 0.130. The molecule has 2 rings (SSSR count). The van der Waals surface area contributed by atoms with Crippen molar-refractivity contribution in [3.05, 3.63) is 0 Å². The molecule has 2 aliphatic rings. The summed E-state index contributed by atoms with van der Waals surface area (Å²) in [4.78, 5) is 23.2. The van der Waals surface area contributed by atoms with Crippen LogP contribution in [0.15, 0.2) is 0 Å². The normalized spacial score (nSPS) is 32.0. The number of nitrogens with one attached hydrogen (secondary N) is 2. The molecule has 6 nitrogen and oxygen atoms in total. The van der Waals surface area contributed by atoms with E-state index in [1.165, 1.54) is 12.8 Å². The molecule has 0 radical (unpaired) electrons. The van der Waals surface area contributed by atoms with Gasteiger partial charge in [0.05, 0.1) is 19.3 Å². The third-order valence-corrected chi connectivity index (χ3v) is 4.74. The van der Waals surface area contributed by atoms with E-state index in [-0.39, 0.29) is 24.7 Å². The minimum Gasteiger partial charge on any atom is -0.481 e. The van der Waals surface area contributed by atoms with Crippen LogP contribution in [0.5, 0.6) is 0 Å². The first kappa shape index (κ1) is 15.1. The van der Waals surface area contributed by atoms with Gasteiger partial charge in [0.1, 0.15) is 5.41 Å². The van der Waals surface area contributed by atoms with Crippen molar-refractivity contribution >= 4 is 12.0 Å². The van der Waals surface area contributed by atoms with Gasteiger partial charge in [-0.25, -0.2) is 4.79 Å². The SMILES string of the molecule is CC1(CNC(=O)NC2COCC2(C)C(=O)O)CCCC1. The lowest BCUT2D eigenvalue weighted by Crippen LogP contribution is -2.53. The number of ether oxygens (including phenoxy) is 1. The third-order valence-electron chi connectivity index (χ3n) is 4.74. The molecule has 0 aromatic heterocycles. The fraction of sp³-hybridized carbons (Fsp3) is 0.857. The maximum atomic E-state index is 11.9. The lowest BCUT2D eigenvalue weighted by molar-refractivity contribution is -0.148. The van der Waals surface area contributed by atoms with Gasteiger partial charge in [0, 0.05) is 6.54 Å². The zero-order valence-corrected chi connectivity index (χ0v) is 12.2. The highest BCUT2D eigenvalue weighted by Crippen LogP contribution is 2.36. The molecule has 6 heteroatoms. The summed E-state index contributed by atoms with van der Waals surface area (Å²) in [6.07, 6.45) is 4.69. The van der Waals surface area contributed by atoms with Crippen molar-refractivity contribution < 1.29 is 19.4 Å². The second kappa shape index (κ2) is 5.60. The summed E-state index contributed by atoms with van der Waals surface area (Å²) in [5.74, 6) is -0.942. The molecule has 1 aliphatic carbocycles. The van der Waals surface area contributed by atoms with E-state index in [0.717, 1.165) is 12.8 Å². The van der Waals surface area contributed by atoms with Crippen molar-refractivity contribution in [3.8, 4) is 0 Å². The second-order valence-corrected chi connectivity index (χ2v) is 6.64. The van der Waals surface area contributed by atoms with Crippen LogP contribution < -0.4 is 10.6 Å². The summed E-state index contributed by atoms with van der Waals surface area (Å²) in [5, 5.41) is 14.9. The number of urea groups is 1. The number of aliphatic carboxylic acids is 1. The molecule has 0 aromatic carbocycles. The molecule has 2 atom stereocenters. The van der Waals surface area contributed by atoms with Crippen LogP contribution in [0.25, 0.3) is 0 Å². The second-order valence-electron chi connectivity index (χ2n) is 6.64. The number of hydrogen-bond acceptors (Lipinski definition) is 3. The van der Waals surface area contributed by atoms with Gasteiger partial charge in [-0.15, -0.1) is 0 Å². The van der Waals surface area contributed by atoms with Crippen molar-refractivity contribution in [2.24, 2.45) is 10.8 Å². The van der Waals surface area contributed by atoms with Crippen LogP contribution in [-0.4, -0.2) is 42.9 Å². The summed E-state index contributed by atoms with van der Waals surface area (Å²) < 4.78 is 5.21. The first-order chi connectivity index (χ1) is 9.36. The highest BCUT2D eigenvalue weighted by molar-refractivity contribution is 5.79. The van der Waals surface area contributed by atoms with Gasteiger partial charge in [0.15, 0.2) is 0 Å². The summed E-state index contributed by atoms with van der Waals surface area (Å²) in [5.41, 5.74) is -0.867. The van der Waals surface area contributed by atoms with Gasteiger partial charge < -0.3 is 20.5 Å². The van der Waals surface area contributed by atoms with E-state index >= 15 is 0 Å². The fourth-order valence-corrected chi connectivity index (χ4v) is 2.99. The van der Waals surface area contributed by atoms with Gasteiger partial charge in [-0.05, 0) is 25.2 Å². The number of carbonyl (C=O) groups is 2. The van der Waals surface area contributed by atoms with E-state index in [1.807, 2.05) is 0 Å². The van der Waals surface area contributed by atoms with Crippen LogP contribution in [0.1, 0.15) is 39.5 Å². The highest BCUT2D eigenvalue weighted by atomic mass is 16.5. The lowest BCUT2D eigenvalue weighted by atomic mass is 9.85. The predicted molar refractivity (Wildman–Crippen MR) is 73.5 cm³/mol. The zero-order valence-electron chi connectivity index (χ0n) is 12.2. The number of hydrogen-bond donors (Lipinski definition) is 3. The van der Waals surface area contributed by atoms with Crippen molar-refractivity contribution in [1.29, 1.82) is 0 Å². The van der Waals surface area contributed by atoms with E-state index < -0.39 is 17.4 Å². The van der Waals surface area contributed by atoms with E-state index in [0.29, 0.717) is 6.54 Å². The molecular formula is C14H24N2O4. The topological polar surface area (TPSA) is 87.7 Å². The molecule has 20 heavy (non-hydrogen) atoms.